The van der Waals surface area contributed by atoms with Crippen molar-refractivity contribution in [3.8, 4) is 0 Å². The molecule has 2 aromatic rings. The second-order valence-corrected chi connectivity index (χ2v) is 7.47. The van der Waals surface area contributed by atoms with Crippen molar-refractivity contribution in [2.75, 3.05) is 6.54 Å². The minimum Gasteiger partial charge on any atom is -0.349 e. The average molecular weight is 310 g/mol. The summed E-state index contributed by atoms with van der Waals surface area (Å²) in [6.07, 6.45) is 3.12. The van der Waals surface area contributed by atoms with Gasteiger partial charge in [-0.1, -0.05) is 45.0 Å². The van der Waals surface area contributed by atoms with Crippen LogP contribution in [0.15, 0.2) is 42.6 Å². The van der Waals surface area contributed by atoms with Gasteiger partial charge in [0.25, 0.3) is 0 Å². The van der Waals surface area contributed by atoms with Gasteiger partial charge in [-0.05, 0) is 35.1 Å². The second-order valence-electron chi connectivity index (χ2n) is 7.47. The van der Waals surface area contributed by atoms with E-state index >= 15 is 0 Å². The van der Waals surface area contributed by atoms with E-state index < -0.39 is 0 Å². The number of fused-ring (bicyclic) bond motifs is 1. The number of nitrogens with zero attached hydrogens (tertiary/aromatic N) is 2. The lowest BCUT2D eigenvalue weighted by atomic mass is 9.86. The maximum absolute atomic E-state index is 12.2. The molecule has 0 saturated heterocycles. The summed E-state index contributed by atoms with van der Waals surface area (Å²) in [4.78, 5) is 14.2. The van der Waals surface area contributed by atoms with Crippen LogP contribution in [0.1, 0.15) is 57.0 Å². The van der Waals surface area contributed by atoms with Crippen LogP contribution in [0, 0.1) is 0 Å². The Morgan fingerprint density at radius 2 is 1.78 bits per heavy atom. The molecule has 0 radical (unpaired) electrons. The second kappa shape index (κ2) is 5.88. The van der Waals surface area contributed by atoms with E-state index in [4.69, 9.17) is 0 Å². The molecule has 3 rings (SSSR count). The number of carbonyl (C=O) groups is 1. The highest BCUT2D eigenvalue weighted by Crippen LogP contribution is 2.33. The van der Waals surface area contributed by atoms with Crippen molar-refractivity contribution in [1.29, 1.82) is 0 Å². The molecule has 23 heavy (non-hydrogen) atoms. The monoisotopic (exact) mass is 310 g/mol. The molecule has 3 nitrogen and oxygen atoms in total. The van der Waals surface area contributed by atoms with E-state index in [0.29, 0.717) is 0 Å². The molecule has 0 saturated carbocycles. The standard InChI is InChI=1S/C20H26N2O/c1-15(23)22-14-6-13-21-12-5-7-18(21)19(22)16-8-10-17(11-9-16)20(2,3)4/h5,7-12,19H,6,13-14H2,1-4H3. The van der Waals surface area contributed by atoms with Gasteiger partial charge in [-0.15, -0.1) is 0 Å². The minimum atomic E-state index is 0.0130. The van der Waals surface area contributed by atoms with Gasteiger partial charge >= 0.3 is 0 Å². The molecule has 3 heteroatoms. The van der Waals surface area contributed by atoms with Gasteiger partial charge in [0.15, 0.2) is 0 Å². The van der Waals surface area contributed by atoms with Gasteiger partial charge in [-0.25, -0.2) is 0 Å². The third-order valence-corrected chi connectivity index (χ3v) is 4.75. The Hall–Kier alpha value is -2.03. The number of benzene rings is 1. The number of aromatic nitrogens is 1. The fourth-order valence-electron chi connectivity index (χ4n) is 3.43. The maximum Gasteiger partial charge on any atom is 0.220 e. The van der Waals surface area contributed by atoms with Crippen LogP contribution in [-0.4, -0.2) is 21.9 Å². The van der Waals surface area contributed by atoms with Crippen LogP contribution in [0.25, 0.3) is 0 Å². The first-order valence-electron chi connectivity index (χ1n) is 8.40. The molecular formula is C20H26N2O. The molecule has 1 aromatic carbocycles. The number of hydrogen-bond acceptors (Lipinski definition) is 1. The van der Waals surface area contributed by atoms with Crippen molar-refractivity contribution in [3.05, 3.63) is 59.4 Å². The Bertz CT molecular complexity index is 691. The Kier molecular flexibility index (Phi) is 4.05. The fourth-order valence-corrected chi connectivity index (χ4v) is 3.43. The quantitative estimate of drug-likeness (QED) is 0.777. The number of rotatable bonds is 1. The predicted octanol–water partition coefficient (Wildman–Crippen LogP) is 4.13. The van der Waals surface area contributed by atoms with E-state index in [-0.39, 0.29) is 17.4 Å². The molecule has 0 bridgehead atoms. The Morgan fingerprint density at radius 3 is 2.39 bits per heavy atom. The molecule has 122 valence electrons. The molecule has 0 fully saturated rings. The molecule has 1 aliphatic rings. The molecular weight excluding hydrogens is 284 g/mol. The average Bonchev–Trinajstić information content (AvgIpc) is 2.86. The van der Waals surface area contributed by atoms with Gasteiger partial charge in [-0.2, -0.15) is 0 Å². The number of amides is 1. The van der Waals surface area contributed by atoms with Crippen molar-refractivity contribution in [2.45, 2.75) is 52.1 Å². The zero-order valence-electron chi connectivity index (χ0n) is 14.5. The summed E-state index contributed by atoms with van der Waals surface area (Å²) in [5.74, 6) is 0.143. The summed E-state index contributed by atoms with van der Waals surface area (Å²) in [7, 11) is 0. The predicted molar refractivity (Wildman–Crippen MR) is 93.4 cm³/mol. The van der Waals surface area contributed by atoms with Crippen LogP contribution in [-0.2, 0) is 16.8 Å². The smallest absolute Gasteiger partial charge is 0.220 e. The molecule has 1 atom stereocenters. The van der Waals surface area contributed by atoms with E-state index in [1.807, 2.05) is 4.90 Å². The van der Waals surface area contributed by atoms with Gasteiger partial charge in [0, 0.05) is 31.9 Å². The summed E-state index contributed by atoms with van der Waals surface area (Å²) < 4.78 is 2.28. The third-order valence-electron chi connectivity index (χ3n) is 4.75. The molecule has 1 aromatic heterocycles. The molecule has 1 aliphatic heterocycles. The van der Waals surface area contributed by atoms with Gasteiger partial charge in [0.2, 0.25) is 5.91 Å². The summed E-state index contributed by atoms with van der Waals surface area (Å²) in [5.41, 5.74) is 3.86. The van der Waals surface area contributed by atoms with E-state index in [9.17, 15) is 4.79 Å². The molecule has 1 unspecified atom stereocenters. The van der Waals surface area contributed by atoms with Gasteiger partial charge in [0.1, 0.15) is 0 Å². The van der Waals surface area contributed by atoms with Crippen LogP contribution in [0.3, 0.4) is 0 Å². The van der Waals surface area contributed by atoms with Gasteiger partial charge < -0.3 is 9.47 Å². The Labute approximate surface area is 138 Å². The highest BCUT2D eigenvalue weighted by Gasteiger charge is 2.29. The molecule has 1 amide bonds. The highest BCUT2D eigenvalue weighted by atomic mass is 16.2. The summed E-state index contributed by atoms with van der Waals surface area (Å²) in [6.45, 7) is 10.1. The van der Waals surface area contributed by atoms with Crippen LogP contribution >= 0.6 is 0 Å². The summed E-state index contributed by atoms with van der Waals surface area (Å²) in [5, 5.41) is 0. The van der Waals surface area contributed by atoms with Gasteiger partial charge in [-0.3, -0.25) is 4.79 Å². The maximum atomic E-state index is 12.2. The SMILES string of the molecule is CC(=O)N1CCCn2cccc2C1c1ccc(C(C)(C)C)cc1. The first kappa shape index (κ1) is 15.9. The van der Waals surface area contributed by atoms with Crippen molar-refractivity contribution in [2.24, 2.45) is 0 Å². The topological polar surface area (TPSA) is 25.2 Å². The normalized spacial score (nSPS) is 18.4. The van der Waals surface area contributed by atoms with Crippen LogP contribution < -0.4 is 0 Å². The largest absolute Gasteiger partial charge is 0.349 e. The summed E-state index contributed by atoms with van der Waals surface area (Å²) in [6, 6.07) is 13.0. The number of hydrogen-bond donors (Lipinski definition) is 0. The molecule has 0 spiro atoms. The Morgan fingerprint density at radius 1 is 1.09 bits per heavy atom. The van der Waals surface area contributed by atoms with Crippen molar-refractivity contribution < 1.29 is 4.79 Å². The highest BCUT2D eigenvalue weighted by molar-refractivity contribution is 5.74. The Balaban J connectivity index is 2.05. The first-order valence-corrected chi connectivity index (χ1v) is 8.40. The molecule has 0 N–H and O–H groups in total. The van der Waals surface area contributed by atoms with Crippen LogP contribution in [0.4, 0.5) is 0 Å². The van der Waals surface area contributed by atoms with Gasteiger partial charge in [0.05, 0.1) is 6.04 Å². The number of aryl methyl sites for hydroxylation is 1. The van der Waals surface area contributed by atoms with E-state index in [1.165, 1.54) is 16.8 Å². The zero-order valence-corrected chi connectivity index (χ0v) is 14.5. The zero-order chi connectivity index (χ0) is 16.6. The van der Waals surface area contributed by atoms with Crippen molar-refractivity contribution >= 4 is 5.91 Å². The first-order chi connectivity index (χ1) is 10.9. The lowest BCUT2D eigenvalue weighted by Gasteiger charge is -2.30. The van der Waals surface area contributed by atoms with Crippen LogP contribution in [0.5, 0.6) is 0 Å². The van der Waals surface area contributed by atoms with Crippen molar-refractivity contribution in [1.82, 2.24) is 9.47 Å². The number of carbonyl (C=O) groups excluding carboxylic acids is 1. The van der Waals surface area contributed by atoms with Crippen molar-refractivity contribution in [3.63, 3.8) is 0 Å². The van der Waals surface area contributed by atoms with E-state index in [0.717, 1.165) is 19.5 Å². The van der Waals surface area contributed by atoms with E-state index in [2.05, 4.69) is 67.9 Å². The fraction of sp³-hybridized carbons (Fsp3) is 0.450. The minimum absolute atomic E-state index is 0.0130. The lowest BCUT2D eigenvalue weighted by Crippen LogP contribution is -2.34. The molecule has 0 aliphatic carbocycles. The third kappa shape index (κ3) is 3.05. The van der Waals surface area contributed by atoms with E-state index in [1.54, 1.807) is 6.92 Å². The van der Waals surface area contributed by atoms with Crippen LogP contribution in [0.2, 0.25) is 0 Å². The summed E-state index contributed by atoms with van der Waals surface area (Å²) >= 11 is 0. The molecule has 2 heterocycles. The lowest BCUT2D eigenvalue weighted by molar-refractivity contribution is -0.130.